The molecule has 0 unspecified atom stereocenters. The number of H-pyrrole nitrogens is 1. The molecule has 28 heavy (non-hydrogen) atoms. The monoisotopic (exact) mass is 402 g/mol. The summed E-state index contributed by atoms with van der Waals surface area (Å²) < 4.78 is 2.44. The smallest absolute Gasteiger partial charge is 0.221 e. The molecule has 2 N–H and O–H groups in total. The number of hydrogen-bond acceptors (Lipinski definition) is 5. The van der Waals surface area contributed by atoms with Gasteiger partial charge in [-0.15, -0.1) is 0 Å². The van der Waals surface area contributed by atoms with Gasteiger partial charge in [0.1, 0.15) is 0 Å². The zero-order chi connectivity index (χ0) is 19.9. The normalized spacial score (nSPS) is 15.6. The van der Waals surface area contributed by atoms with Crippen molar-refractivity contribution in [2.75, 3.05) is 46.3 Å². The molecule has 3 rings (SSSR count). The van der Waals surface area contributed by atoms with Gasteiger partial charge in [0.15, 0.2) is 10.6 Å². The summed E-state index contributed by atoms with van der Waals surface area (Å²) in [5, 5.41) is 10.2. The van der Waals surface area contributed by atoms with Gasteiger partial charge in [-0.1, -0.05) is 23.8 Å². The van der Waals surface area contributed by atoms with Gasteiger partial charge < -0.3 is 15.1 Å². The van der Waals surface area contributed by atoms with Crippen LogP contribution in [-0.4, -0.2) is 76.8 Å². The van der Waals surface area contributed by atoms with Crippen LogP contribution in [0.1, 0.15) is 18.4 Å². The van der Waals surface area contributed by atoms with Crippen LogP contribution in [0.15, 0.2) is 24.3 Å². The number of aromatic nitrogens is 3. The molecule has 1 saturated heterocycles. The Morgan fingerprint density at radius 2 is 2.04 bits per heavy atom. The topological polar surface area (TPSA) is 69.2 Å². The Hall–Kier alpha value is -2.03. The summed E-state index contributed by atoms with van der Waals surface area (Å²) >= 11 is 5.35. The van der Waals surface area contributed by atoms with Crippen LogP contribution in [0.3, 0.4) is 0 Å². The van der Waals surface area contributed by atoms with Crippen molar-refractivity contribution in [3.63, 3.8) is 0 Å². The minimum Gasteiger partial charge on any atom is -0.356 e. The van der Waals surface area contributed by atoms with Crippen molar-refractivity contribution in [1.29, 1.82) is 0 Å². The molecular formula is C20H30N6OS. The fourth-order valence-corrected chi connectivity index (χ4v) is 3.66. The SMILES string of the molecule is Cc1cccc(-c2n[nH]c(=S)n2CCC(=O)NCCCN2CCN(C)CC2)c1. The van der Waals surface area contributed by atoms with Crippen molar-refractivity contribution >= 4 is 18.1 Å². The van der Waals surface area contributed by atoms with Gasteiger partial charge in [0, 0.05) is 51.3 Å². The molecule has 7 nitrogen and oxygen atoms in total. The van der Waals surface area contributed by atoms with Crippen LogP contribution in [0.4, 0.5) is 0 Å². The van der Waals surface area contributed by atoms with E-state index in [1.54, 1.807) is 0 Å². The Morgan fingerprint density at radius 3 is 2.79 bits per heavy atom. The van der Waals surface area contributed by atoms with Crippen molar-refractivity contribution in [1.82, 2.24) is 29.9 Å². The Labute approximate surface area is 171 Å². The summed E-state index contributed by atoms with van der Waals surface area (Å²) in [5.74, 6) is 0.827. The molecule has 0 bridgehead atoms. The van der Waals surface area contributed by atoms with Crippen molar-refractivity contribution in [3.8, 4) is 11.4 Å². The first-order valence-corrected chi connectivity index (χ1v) is 10.3. The molecule has 0 atom stereocenters. The molecular weight excluding hydrogens is 372 g/mol. The van der Waals surface area contributed by atoms with E-state index >= 15 is 0 Å². The minimum atomic E-state index is 0.0525. The molecule has 0 aliphatic carbocycles. The van der Waals surface area contributed by atoms with E-state index in [9.17, 15) is 4.79 Å². The number of nitrogens with one attached hydrogen (secondary N) is 2. The molecule has 2 heterocycles. The first-order chi connectivity index (χ1) is 13.5. The number of amides is 1. The van der Waals surface area contributed by atoms with Crippen molar-refractivity contribution in [3.05, 3.63) is 34.6 Å². The quantitative estimate of drug-likeness (QED) is 0.523. The highest BCUT2D eigenvalue weighted by Gasteiger charge is 2.13. The van der Waals surface area contributed by atoms with E-state index in [4.69, 9.17) is 12.2 Å². The second kappa shape index (κ2) is 9.95. The maximum Gasteiger partial charge on any atom is 0.221 e. The highest BCUT2D eigenvalue weighted by molar-refractivity contribution is 7.71. The number of likely N-dealkylation sites (N-methyl/N-ethyl adjacent to an activating group) is 1. The third-order valence-corrected chi connectivity index (χ3v) is 5.48. The highest BCUT2D eigenvalue weighted by Crippen LogP contribution is 2.18. The lowest BCUT2D eigenvalue weighted by Gasteiger charge is -2.32. The second-order valence-electron chi connectivity index (χ2n) is 7.47. The number of carbonyl (C=O) groups excluding carboxylic acids is 1. The van der Waals surface area contributed by atoms with Gasteiger partial charge in [-0.05, 0) is 45.2 Å². The van der Waals surface area contributed by atoms with Crippen LogP contribution in [0.2, 0.25) is 0 Å². The van der Waals surface area contributed by atoms with E-state index in [2.05, 4.69) is 38.4 Å². The Balaban J connectivity index is 1.44. The zero-order valence-electron chi connectivity index (χ0n) is 16.8. The third-order valence-electron chi connectivity index (χ3n) is 5.17. The van der Waals surface area contributed by atoms with E-state index in [-0.39, 0.29) is 5.91 Å². The van der Waals surface area contributed by atoms with Gasteiger partial charge in [0.25, 0.3) is 0 Å². The summed E-state index contributed by atoms with van der Waals surface area (Å²) in [6.45, 7) is 8.80. The molecule has 1 aromatic carbocycles. The van der Waals surface area contributed by atoms with Gasteiger partial charge in [0.05, 0.1) is 0 Å². The maximum atomic E-state index is 12.2. The summed E-state index contributed by atoms with van der Waals surface area (Å²) in [4.78, 5) is 17.1. The maximum absolute atomic E-state index is 12.2. The number of piperazine rings is 1. The average molecular weight is 403 g/mol. The van der Waals surface area contributed by atoms with Crippen LogP contribution < -0.4 is 5.32 Å². The number of rotatable bonds is 8. The Kier molecular flexibility index (Phi) is 7.36. The van der Waals surface area contributed by atoms with E-state index < -0.39 is 0 Å². The first kappa shape index (κ1) is 20.7. The number of nitrogens with zero attached hydrogens (tertiary/aromatic N) is 4. The molecule has 0 radical (unpaired) electrons. The lowest BCUT2D eigenvalue weighted by atomic mass is 10.1. The van der Waals surface area contributed by atoms with E-state index in [0.29, 0.717) is 24.3 Å². The third kappa shape index (κ3) is 5.73. The van der Waals surface area contributed by atoms with Crippen molar-refractivity contribution < 1.29 is 4.79 Å². The summed E-state index contributed by atoms with van der Waals surface area (Å²) in [7, 11) is 2.16. The molecule has 1 fully saturated rings. The predicted molar refractivity (Wildman–Crippen MR) is 114 cm³/mol. The van der Waals surface area contributed by atoms with Crippen LogP contribution in [0, 0.1) is 11.7 Å². The Bertz CT molecular complexity index is 837. The second-order valence-corrected chi connectivity index (χ2v) is 7.86. The number of carbonyl (C=O) groups is 1. The summed E-state index contributed by atoms with van der Waals surface area (Å²) in [6, 6.07) is 8.12. The van der Waals surface area contributed by atoms with Gasteiger partial charge in [-0.2, -0.15) is 5.10 Å². The molecule has 0 saturated carbocycles. The lowest BCUT2D eigenvalue weighted by molar-refractivity contribution is -0.121. The van der Waals surface area contributed by atoms with Crippen molar-refractivity contribution in [2.45, 2.75) is 26.3 Å². The van der Waals surface area contributed by atoms with Gasteiger partial charge >= 0.3 is 0 Å². The highest BCUT2D eigenvalue weighted by atomic mass is 32.1. The van der Waals surface area contributed by atoms with E-state index in [1.807, 2.05) is 29.7 Å². The number of aromatic amines is 1. The Morgan fingerprint density at radius 1 is 1.25 bits per heavy atom. The molecule has 152 valence electrons. The number of aryl methyl sites for hydroxylation is 1. The van der Waals surface area contributed by atoms with Crippen molar-refractivity contribution in [2.24, 2.45) is 0 Å². The van der Waals surface area contributed by atoms with Crippen LogP contribution in [0.5, 0.6) is 0 Å². The fraction of sp³-hybridized carbons (Fsp3) is 0.550. The van der Waals surface area contributed by atoms with Gasteiger partial charge in [0.2, 0.25) is 5.91 Å². The van der Waals surface area contributed by atoms with Crippen LogP contribution in [-0.2, 0) is 11.3 Å². The molecule has 8 heteroatoms. The standard InChI is InChI=1S/C20H30N6OS/c1-16-5-3-6-17(15-16)19-22-23-20(28)26(19)10-7-18(27)21-8-4-9-25-13-11-24(2)12-14-25/h3,5-6,15H,4,7-14H2,1-2H3,(H,21,27)(H,23,28). The lowest BCUT2D eigenvalue weighted by Crippen LogP contribution is -2.45. The van der Waals surface area contributed by atoms with Gasteiger partial charge in [-0.3, -0.25) is 14.5 Å². The molecule has 1 aromatic heterocycles. The van der Waals surface area contributed by atoms with Crippen LogP contribution >= 0.6 is 12.2 Å². The molecule has 1 aliphatic heterocycles. The fourth-order valence-electron chi connectivity index (χ4n) is 3.43. The van der Waals surface area contributed by atoms with Gasteiger partial charge in [-0.25, -0.2) is 0 Å². The molecule has 2 aromatic rings. The number of hydrogen-bond donors (Lipinski definition) is 2. The molecule has 1 amide bonds. The van der Waals surface area contributed by atoms with Crippen LogP contribution in [0.25, 0.3) is 11.4 Å². The number of benzene rings is 1. The summed E-state index contributed by atoms with van der Waals surface area (Å²) in [5.41, 5.74) is 2.16. The zero-order valence-corrected chi connectivity index (χ0v) is 17.6. The predicted octanol–water partition coefficient (Wildman–Crippen LogP) is 2.06. The van der Waals surface area contributed by atoms with E-state index in [0.717, 1.165) is 56.1 Å². The van der Waals surface area contributed by atoms with E-state index in [1.165, 1.54) is 0 Å². The molecule has 1 aliphatic rings. The molecule has 0 spiro atoms. The minimum absolute atomic E-state index is 0.0525. The first-order valence-electron chi connectivity index (χ1n) is 9.93. The average Bonchev–Trinajstić information content (AvgIpc) is 3.05. The summed E-state index contributed by atoms with van der Waals surface area (Å²) in [6.07, 6.45) is 1.37. The largest absolute Gasteiger partial charge is 0.356 e.